The number of fused-ring (bicyclic) bond motifs is 2. The maximum absolute atomic E-state index is 12.5. The van der Waals surface area contributed by atoms with Gasteiger partial charge in [-0.3, -0.25) is 4.79 Å². The van der Waals surface area contributed by atoms with Crippen molar-refractivity contribution in [3.63, 3.8) is 0 Å². The number of aryl methyl sites for hydroxylation is 1. The van der Waals surface area contributed by atoms with Crippen LogP contribution in [0.25, 0.3) is 21.9 Å². The minimum Gasteiger partial charge on any atom is -0.480 e. The highest BCUT2D eigenvalue weighted by molar-refractivity contribution is 5.97. The summed E-state index contributed by atoms with van der Waals surface area (Å²) in [5.74, 6) is -1.62. The first-order chi connectivity index (χ1) is 14.0. The van der Waals surface area contributed by atoms with E-state index in [4.69, 9.17) is 8.83 Å². The van der Waals surface area contributed by atoms with Crippen molar-refractivity contribution in [2.45, 2.75) is 65.3 Å². The van der Waals surface area contributed by atoms with Crippen LogP contribution in [0.15, 0.2) is 32.0 Å². The topological polar surface area (TPSA) is 110 Å². The number of amides is 1. The molecule has 0 fully saturated rings. The monoisotopic (exact) mass is 413 g/mol. The number of hydrogen-bond acceptors (Lipinski definition) is 5. The summed E-state index contributed by atoms with van der Waals surface area (Å²) in [6.45, 7) is 9.87. The number of nitrogens with one attached hydrogen (secondary N) is 1. The van der Waals surface area contributed by atoms with Gasteiger partial charge >= 0.3 is 11.6 Å². The van der Waals surface area contributed by atoms with Crippen LogP contribution in [-0.2, 0) is 21.4 Å². The molecule has 1 amide bonds. The van der Waals surface area contributed by atoms with Crippen molar-refractivity contribution >= 4 is 33.8 Å². The molecular formula is C23H27NO6. The molecule has 0 saturated carbocycles. The first-order valence-electron chi connectivity index (χ1n) is 10.0. The quantitative estimate of drug-likeness (QED) is 0.590. The van der Waals surface area contributed by atoms with E-state index in [2.05, 4.69) is 26.1 Å². The lowest BCUT2D eigenvalue weighted by Gasteiger charge is -2.17. The number of aliphatic carboxylic acids is 1. The van der Waals surface area contributed by atoms with Gasteiger partial charge in [-0.15, -0.1) is 0 Å². The zero-order valence-corrected chi connectivity index (χ0v) is 17.9. The van der Waals surface area contributed by atoms with E-state index in [1.54, 1.807) is 19.3 Å². The summed E-state index contributed by atoms with van der Waals surface area (Å²) in [5.41, 5.74) is 2.17. The van der Waals surface area contributed by atoms with Crippen LogP contribution in [0.5, 0.6) is 0 Å². The highest BCUT2D eigenvalue weighted by Crippen LogP contribution is 2.35. The van der Waals surface area contributed by atoms with Gasteiger partial charge in [0, 0.05) is 22.4 Å². The Hall–Kier alpha value is -3.09. The van der Waals surface area contributed by atoms with E-state index in [-0.39, 0.29) is 17.4 Å². The lowest BCUT2D eigenvalue weighted by molar-refractivity contribution is -0.141. The molecule has 0 aliphatic carbocycles. The number of carbonyl (C=O) groups is 2. The predicted molar refractivity (Wildman–Crippen MR) is 114 cm³/mol. The van der Waals surface area contributed by atoms with Crippen LogP contribution in [0.3, 0.4) is 0 Å². The Morgan fingerprint density at radius 2 is 1.87 bits per heavy atom. The first kappa shape index (κ1) is 21.6. The molecule has 1 aromatic carbocycles. The average molecular weight is 413 g/mol. The molecule has 7 heteroatoms. The van der Waals surface area contributed by atoms with Gasteiger partial charge in [0.05, 0.1) is 18.2 Å². The van der Waals surface area contributed by atoms with Crippen LogP contribution in [0.4, 0.5) is 0 Å². The smallest absolute Gasteiger partial charge is 0.340 e. The maximum Gasteiger partial charge on any atom is 0.340 e. The second-order valence-electron chi connectivity index (χ2n) is 8.66. The van der Waals surface area contributed by atoms with Crippen LogP contribution in [0.1, 0.15) is 57.2 Å². The van der Waals surface area contributed by atoms with Crippen molar-refractivity contribution in [1.29, 1.82) is 0 Å². The molecular weight excluding hydrogens is 386 g/mol. The van der Waals surface area contributed by atoms with E-state index in [1.165, 1.54) is 0 Å². The summed E-state index contributed by atoms with van der Waals surface area (Å²) < 4.78 is 11.1. The number of carbonyl (C=O) groups excluding carboxylic acids is 1. The summed E-state index contributed by atoms with van der Waals surface area (Å²) in [6.07, 6.45) is 2.41. The van der Waals surface area contributed by atoms with E-state index in [9.17, 15) is 19.5 Å². The fourth-order valence-corrected chi connectivity index (χ4v) is 3.65. The van der Waals surface area contributed by atoms with Crippen LogP contribution in [0, 0.1) is 6.92 Å². The Morgan fingerprint density at radius 1 is 1.17 bits per heavy atom. The molecule has 2 aromatic heterocycles. The molecule has 0 spiro atoms. The van der Waals surface area contributed by atoms with Gasteiger partial charge in [0.25, 0.3) is 0 Å². The third-order valence-corrected chi connectivity index (χ3v) is 5.34. The minimum atomic E-state index is -1.09. The van der Waals surface area contributed by atoms with Gasteiger partial charge in [0.1, 0.15) is 17.2 Å². The maximum atomic E-state index is 12.5. The Kier molecular flexibility index (Phi) is 5.74. The lowest BCUT2D eigenvalue weighted by Crippen LogP contribution is -2.41. The van der Waals surface area contributed by atoms with E-state index < -0.39 is 23.5 Å². The van der Waals surface area contributed by atoms with Crippen molar-refractivity contribution in [3.05, 3.63) is 45.5 Å². The van der Waals surface area contributed by atoms with Gasteiger partial charge in [0.2, 0.25) is 5.91 Å². The minimum absolute atomic E-state index is 0.129. The third-order valence-electron chi connectivity index (χ3n) is 5.34. The fraction of sp³-hybridized carbons (Fsp3) is 0.435. The molecule has 0 saturated heterocycles. The van der Waals surface area contributed by atoms with Gasteiger partial charge in [-0.2, -0.15) is 0 Å². The van der Waals surface area contributed by atoms with Crippen molar-refractivity contribution in [2.75, 3.05) is 0 Å². The van der Waals surface area contributed by atoms with Crippen molar-refractivity contribution in [2.24, 2.45) is 0 Å². The Balaban J connectivity index is 2.03. The van der Waals surface area contributed by atoms with E-state index in [0.717, 1.165) is 16.3 Å². The van der Waals surface area contributed by atoms with E-state index >= 15 is 0 Å². The van der Waals surface area contributed by atoms with Gasteiger partial charge in [-0.25, -0.2) is 9.59 Å². The van der Waals surface area contributed by atoms with E-state index in [1.807, 2.05) is 13.0 Å². The first-order valence-corrected chi connectivity index (χ1v) is 10.0. The Bertz CT molecular complexity index is 1180. The summed E-state index contributed by atoms with van der Waals surface area (Å²) in [5, 5.41) is 13.4. The highest BCUT2D eigenvalue weighted by atomic mass is 16.4. The van der Waals surface area contributed by atoms with Gasteiger partial charge in [-0.1, -0.05) is 34.1 Å². The summed E-state index contributed by atoms with van der Waals surface area (Å²) in [7, 11) is 0. The zero-order chi connectivity index (χ0) is 22.2. The SMILES string of the molecule is CCC[C@@H](NC(=O)Cc1c(C)c2cc3c(C(C)(C)C)coc3cc2oc1=O)C(=O)O. The van der Waals surface area contributed by atoms with Crippen LogP contribution >= 0.6 is 0 Å². The highest BCUT2D eigenvalue weighted by Gasteiger charge is 2.23. The van der Waals surface area contributed by atoms with Crippen LogP contribution < -0.4 is 10.9 Å². The largest absolute Gasteiger partial charge is 0.480 e. The Labute approximate surface area is 174 Å². The molecule has 0 radical (unpaired) electrons. The van der Waals surface area contributed by atoms with Crippen molar-refractivity contribution in [3.8, 4) is 0 Å². The molecule has 0 aliphatic rings. The van der Waals surface area contributed by atoms with Crippen molar-refractivity contribution in [1.82, 2.24) is 5.32 Å². The molecule has 0 unspecified atom stereocenters. The van der Waals surface area contributed by atoms with Gasteiger partial charge < -0.3 is 19.3 Å². The second-order valence-corrected chi connectivity index (χ2v) is 8.66. The summed E-state index contributed by atoms with van der Waals surface area (Å²) >= 11 is 0. The van der Waals surface area contributed by atoms with Crippen LogP contribution in [0.2, 0.25) is 0 Å². The molecule has 2 N–H and O–H groups in total. The molecule has 3 aromatic rings. The molecule has 2 heterocycles. The molecule has 30 heavy (non-hydrogen) atoms. The van der Waals surface area contributed by atoms with Crippen LogP contribution in [-0.4, -0.2) is 23.0 Å². The van der Waals surface area contributed by atoms with Gasteiger partial charge in [0.15, 0.2) is 0 Å². The normalized spacial score (nSPS) is 13.0. The predicted octanol–water partition coefficient (Wildman–Crippen LogP) is 4.06. The molecule has 0 aliphatic heterocycles. The number of hydrogen-bond donors (Lipinski definition) is 2. The molecule has 3 rings (SSSR count). The fourth-order valence-electron chi connectivity index (χ4n) is 3.65. The Morgan fingerprint density at radius 3 is 2.47 bits per heavy atom. The number of carboxylic acid groups (broad SMARTS) is 1. The molecule has 0 bridgehead atoms. The standard InChI is InChI=1S/C23H27NO6/c1-6-7-17(21(26)27)24-20(25)9-14-12(2)13-8-15-16(23(3,4)5)11-29-18(15)10-19(13)30-22(14)28/h8,10-11,17H,6-7,9H2,1-5H3,(H,24,25)(H,26,27)/t17-/m1/s1. The van der Waals surface area contributed by atoms with E-state index in [0.29, 0.717) is 29.6 Å². The van der Waals surface area contributed by atoms with Crippen molar-refractivity contribution < 1.29 is 23.5 Å². The summed E-state index contributed by atoms with van der Waals surface area (Å²) in [4.78, 5) is 36.3. The number of rotatable bonds is 6. The second kappa shape index (κ2) is 7.97. The molecule has 7 nitrogen and oxygen atoms in total. The lowest BCUT2D eigenvalue weighted by atomic mass is 9.86. The number of carboxylic acids is 1. The molecule has 1 atom stereocenters. The zero-order valence-electron chi connectivity index (χ0n) is 17.9. The third kappa shape index (κ3) is 4.10. The molecule has 160 valence electrons. The number of benzene rings is 1. The number of furan rings is 1. The summed E-state index contributed by atoms with van der Waals surface area (Å²) in [6, 6.07) is 2.64. The van der Waals surface area contributed by atoms with Gasteiger partial charge in [-0.05, 0) is 30.4 Å². The average Bonchev–Trinajstić information content (AvgIpc) is 3.06.